The quantitative estimate of drug-likeness (QED) is 0.134. The van der Waals surface area contributed by atoms with E-state index in [2.05, 4.69) is 42.5 Å². The molecule has 0 amide bonds. The predicted molar refractivity (Wildman–Crippen MR) is 142 cm³/mol. The zero-order valence-electron chi connectivity index (χ0n) is 21.0. The van der Waals surface area contributed by atoms with Gasteiger partial charge in [0.1, 0.15) is 12.1 Å². The molecule has 3 nitrogen and oxygen atoms in total. The molecule has 0 aromatic heterocycles. The minimum atomic E-state index is 0.207. The van der Waals surface area contributed by atoms with Gasteiger partial charge in [-0.1, -0.05) is 100 Å². The summed E-state index contributed by atoms with van der Waals surface area (Å²) in [5.41, 5.74) is 6.85. The van der Waals surface area contributed by atoms with Crippen LogP contribution in [0.15, 0.2) is 36.4 Å². The second kappa shape index (κ2) is 22.1. The van der Waals surface area contributed by atoms with Crippen molar-refractivity contribution in [2.75, 3.05) is 6.54 Å². The molecule has 33 heavy (non-hydrogen) atoms. The van der Waals surface area contributed by atoms with Gasteiger partial charge >= 0.3 is 0 Å². The van der Waals surface area contributed by atoms with Gasteiger partial charge in [-0.25, -0.2) is 0 Å². The number of nitrogens with two attached hydrogens (primary N) is 1. The molecular weight excluding hydrogens is 406 g/mol. The van der Waals surface area contributed by atoms with E-state index < -0.39 is 0 Å². The first-order valence-electron chi connectivity index (χ1n) is 13.7. The Bertz CT molecular complexity index is 611. The first-order chi connectivity index (χ1) is 16.3. The standard InChI is InChI=1S/C30H49NO2/c31-26-18-9-8-15-23-29(24-16-11-19-27-32)30(33)25-17-7-5-3-1-2-4-6-12-20-28-21-13-10-14-22-28/h10,12-14,20-22,27,29H,1-9,11,15-19,23-26,31H2. The van der Waals surface area contributed by atoms with Crippen molar-refractivity contribution in [3.63, 3.8) is 0 Å². The van der Waals surface area contributed by atoms with E-state index in [4.69, 9.17) is 5.73 Å². The first-order valence-corrected chi connectivity index (χ1v) is 13.7. The van der Waals surface area contributed by atoms with Crippen molar-refractivity contribution in [3.8, 4) is 0 Å². The molecule has 0 aliphatic rings. The lowest BCUT2D eigenvalue weighted by Crippen LogP contribution is -2.15. The van der Waals surface area contributed by atoms with Gasteiger partial charge in [0.25, 0.3) is 0 Å². The second-order valence-corrected chi connectivity index (χ2v) is 9.43. The highest BCUT2D eigenvalue weighted by Crippen LogP contribution is 2.22. The van der Waals surface area contributed by atoms with E-state index in [9.17, 15) is 9.59 Å². The van der Waals surface area contributed by atoms with E-state index in [0.717, 1.165) is 70.6 Å². The van der Waals surface area contributed by atoms with Gasteiger partial charge < -0.3 is 10.5 Å². The van der Waals surface area contributed by atoms with Crippen LogP contribution in [0.5, 0.6) is 0 Å². The van der Waals surface area contributed by atoms with E-state index in [1.54, 1.807) is 0 Å². The van der Waals surface area contributed by atoms with E-state index in [1.165, 1.54) is 56.9 Å². The Kier molecular flexibility index (Phi) is 19.6. The summed E-state index contributed by atoms with van der Waals surface area (Å²) in [5, 5.41) is 0. The molecule has 0 bridgehead atoms. The largest absolute Gasteiger partial charge is 0.330 e. The monoisotopic (exact) mass is 455 g/mol. The summed E-state index contributed by atoms with van der Waals surface area (Å²) in [6.45, 7) is 0.763. The zero-order chi connectivity index (χ0) is 23.8. The summed E-state index contributed by atoms with van der Waals surface area (Å²) >= 11 is 0. The van der Waals surface area contributed by atoms with Crippen LogP contribution in [0, 0.1) is 5.92 Å². The third kappa shape index (κ3) is 17.4. The summed E-state index contributed by atoms with van der Waals surface area (Å²) in [5.74, 6) is 0.670. The summed E-state index contributed by atoms with van der Waals surface area (Å²) in [6.07, 6.45) is 25.1. The van der Waals surface area contributed by atoms with E-state index in [-0.39, 0.29) is 5.92 Å². The molecule has 0 radical (unpaired) electrons. The molecule has 1 atom stereocenters. The van der Waals surface area contributed by atoms with Crippen LogP contribution in [0.1, 0.15) is 121 Å². The van der Waals surface area contributed by atoms with Crippen molar-refractivity contribution in [1.82, 2.24) is 0 Å². The smallest absolute Gasteiger partial charge is 0.135 e. The van der Waals surface area contributed by atoms with Crippen LogP contribution in [0.3, 0.4) is 0 Å². The lowest BCUT2D eigenvalue weighted by atomic mass is 9.88. The predicted octanol–water partition coefficient (Wildman–Crippen LogP) is 8.06. The molecule has 0 fully saturated rings. The molecule has 1 aromatic rings. The van der Waals surface area contributed by atoms with Gasteiger partial charge in [0.15, 0.2) is 0 Å². The molecule has 1 rings (SSSR count). The fraction of sp³-hybridized carbons (Fsp3) is 0.667. The third-order valence-electron chi connectivity index (χ3n) is 6.49. The number of carbonyl (C=O) groups excluding carboxylic acids is 2. The topological polar surface area (TPSA) is 60.2 Å². The molecule has 3 heteroatoms. The average Bonchev–Trinajstić information content (AvgIpc) is 2.84. The molecule has 1 aromatic carbocycles. The van der Waals surface area contributed by atoms with Crippen LogP contribution in [0.4, 0.5) is 0 Å². The number of Topliss-reactive ketones (excluding diaryl/α,β-unsaturated/α-hetero) is 1. The molecule has 0 aliphatic heterocycles. The Morgan fingerprint density at radius 2 is 1.30 bits per heavy atom. The van der Waals surface area contributed by atoms with Crippen molar-refractivity contribution in [1.29, 1.82) is 0 Å². The maximum absolute atomic E-state index is 12.8. The molecule has 186 valence electrons. The lowest BCUT2D eigenvalue weighted by molar-refractivity contribution is -0.123. The summed E-state index contributed by atoms with van der Waals surface area (Å²) in [6, 6.07) is 10.5. The Balaban J connectivity index is 2.07. The van der Waals surface area contributed by atoms with Gasteiger partial charge in [0.05, 0.1) is 0 Å². The van der Waals surface area contributed by atoms with Crippen molar-refractivity contribution in [2.24, 2.45) is 11.7 Å². The van der Waals surface area contributed by atoms with Gasteiger partial charge in [-0.15, -0.1) is 0 Å². The van der Waals surface area contributed by atoms with E-state index in [0.29, 0.717) is 12.2 Å². The van der Waals surface area contributed by atoms with Crippen LogP contribution in [-0.4, -0.2) is 18.6 Å². The fourth-order valence-electron chi connectivity index (χ4n) is 4.41. The number of unbranched alkanes of at least 4 members (excludes halogenated alkanes) is 12. The van der Waals surface area contributed by atoms with Crippen molar-refractivity contribution < 1.29 is 9.59 Å². The third-order valence-corrected chi connectivity index (χ3v) is 6.49. The van der Waals surface area contributed by atoms with Gasteiger partial charge in [0, 0.05) is 18.8 Å². The van der Waals surface area contributed by atoms with Crippen LogP contribution in [0.2, 0.25) is 0 Å². The molecule has 0 saturated carbocycles. The van der Waals surface area contributed by atoms with E-state index >= 15 is 0 Å². The second-order valence-electron chi connectivity index (χ2n) is 9.43. The molecular formula is C30H49NO2. The highest BCUT2D eigenvalue weighted by molar-refractivity contribution is 5.80. The highest BCUT2D eigenvalue weighted by atomic mass is 16.1. The van der Waals surface area contributed by atoms with Crippen LogP contribution >= 0.6 is 0 Å². The lowest BCUT2D eigenvalue weighted by Gasteiger charge is -2.16. The molecule has 0 heterocycles. The number of hydrogen-bond donors (Lipinski definition) is 1. The number of hydrogen-bond acceptors (Lipinski definition) is 3. The average molecular weight is 456 g/mol. The Morgan fingerprint density at radius 1 is 0.727 bits per heavy atom. The van der Waals surface area contributed by atoms with Gasteiger partial charge in [-0.2, -0.15) is 0 Å². The summed E-state index contributed by atoms with van der Waals surface area (Å²) < 4.78 is 0. The van der Waals surface area contributed by atoms with Gasteiger partial charge in [-0.05, 0) is 57.1 Å². The van der Waals surface area contributed by atoms with Crippen LogP contribution < -0.4 is 5.73 Å². The minimum absolute atomic E-state index is 0.207. The molecule has 0 saturated heterocycles. The normalized spacial score (nSPS) is 12.3. The van der Waals surface area contributed by atoms with Crippen molar-refractivity contribution >= 4 is 18.1 Å². The van der Waals surface area contributed by atoms with Crippen LogP contribution in [-0.2, 0) is 9.59 Å². The van der Waals surface area contributed by atoms with Crippen molar-refractivity contribution in [2.45, 2.75) is 116 Å². The molecule has 2 N–H and O–H groups in total. The zero-order valence-corrected chi connectivity index (χ0v) is 21.0. The van der Waals surface area contributed by atoms with Crippen molar-refractivity contribution in [3.05, 3.63) is 42.0 Å². The van der Waals surface area contributed by atoms with Crippen LogP contribution in [0.25, 0.3) is 6.08 Å². The van der Waals surface area contributed by atoms with Gasteiger partial charge in [0.2, 0.25) is 0 Å². The Hall–Kier alpha value is -1.74. The van der Waals surface area contributed by atoms with Gasteiger partial charge in [-0.3, -0.25) is 4.79 Å². The number of ketones is 1. The fourth-order valence-corrected chi connectivity index (χ4v) is 4.41. The molecule has 1 unspecified atom stereocenters. The summed E-state index contributed by atoms with van der Waals surface area (Å²) in [4.78, 5) is 23.3. The number of aldehydes is 1. The number of benzene rings is 1. The maximum Gasteiger partial charge on any atom is 0.135 e. The first kappa shape index (κ1) is 29.3. The molecule has 0 spiro atoms. The van der Waals surface area contributed by atoms with E-state index in [1.807, 2.05) is 0 Å². The minimum Gasteiger partial charge on any atom is -0.330 e. The maximum atomic E-state index is 12.8. The number of carbonyl (C=O) groups is 2. The number of allylic oxidation sites excluding steroid dienone is 1. The number of rotatable bonds is 23. The Labute approximate surface area is 203 Å². The summed E-state index contributed by atoms with van der Waals surface area (Å²) in [7, 11) is 0. The molecule has 0 aliphatic carbocycles. The highest BCUT2D eigenvalue weighted by Gasteiger charge is 2.17. The Morgan fingerprint density at radius 3 is 2.00 bits per heavy atom. The SMILES string of the molecule is NCCCCCCC(CCCCC=O)C(=O)CCCCCCCCCC=Cc1ccccc1.